The summed E-state index contributed by atoms with van der Waals surface area (Å²) < 4.78 is 0. The summed E-state index contributed by atoms with van der Waals surface area (Å²) in [6, 6.07) is 3.89. The van der Waals surface area contributed by atoms with E-state index in [-0.39, 0.29) is 40.2 Å². The van der Waals surface area contributed by atoms with Crippen molar-refractivity contribution in [3.8, 4) is 5.75 Å². The van der Waals surface area contributed by atoms with Gasteiger partial charge in [0.15, 0.2) is 5.69 Å². The van der Waals surface area contributed by atoms with E-state index in [0.717, 1.165) is 0 Å². The number of benzene rings is 1. The Morgan fingerprint density at radius 1 is 1.50 bits per heavy atom. The molecule has 1 aromatic carbocycles. The van der Waals surface area contributed by atoms with Crippen LogP contribution in [0.25, 0.3) is 0 Å². The number of hydrogen-bond donors (Lipinski definition) is 2. The molecule has 0 atom stereocenters. The maximum absolute atomic E-state index is 10.2. The van der Waals surface area contributed by atoms with Gasteiger partial charge in [0.2, 0.25) is 0 Å². The SMILES string of the molecule is Nc1c(O)cccc1[N+](=O)[O-].[MgH2]. The highest BCUT2D eigenvalue weighted by molar-refractivity contribution is 5.75. The molecule has 0 saturated carbocycles. The number of hydrogen-bond acceptors (Lipinski definition) is 4. The van der Waals surface area contributed by atoms with Crippen molar-refractivity contribution in [3.63, 3.8) is 0 Å². The topological polar surface area (TPSA) is 89.4 Å². The van der Waals surface area contributed by atoms with Crippen molar-refractivity contribution in [1.82, 2.24) is 0 Å². The number of nitrogen functional groups attached to an aromatic ring is 1. The van der Waals surface area contributed by atoms with E-state index in [9.17, 15) is 10.1 Å². The number of nitrogens with two attached hydrogens (primary N) is 1. The molecule has 62 valence electrons. The van der Waals surface area contributed by atoms with Crippen LogP contribution in [0.2, 0.25) is 0 Å². The quantitative estimate of drug-likeness (QED) is 0.209. The van der Waals surface area contributed by atoms with Crippen LogP contribution in [0.1, 0.15) is 0 Å². The Bertz CT molecular complexity index is 303. The number of para-hydroxylation sites is 1. The summed E-state index contributed by atoms with van der Waals surface area (Å²) in [5.74, 6) is -0.265. The second-order valence-corrected chi connectivity index (χ2v) is 1.97. The molecule has 0 bridgehead atoms. The minimum Gasteiger partial charge on any atom is -0.506 e. The zero-order chi connectivity index (χ0) is 8.43. The van der Waals surface area contributed by atoms with Gasteiger partial charge in [-0.2, -0.15) is 0 Å². The summed E-state index contributed by atoms with van der Waals surface area (Å²) in [4.78, 5) is 9.54. The second-order valence-electron chi connectivity index (χ2n) is 1.97. The Hall–Kier alpha value is -1.01. The first kappa shape index (κ1) is 11.0. The van der Waals surface area contributed by atoms with Gasteiger partial charge in [-0.15, -0.1) is 0 Å². The monoisotopic (exact) mass is 180 g/mol. The van der Waals surface area contributed by atoms with Gasteiger partial charge in [0.1, 0.15) is 5.75 Å². The van der Waals surface area contributed by atoms with Crippen molar-refractivity contribution >= 4 is 34.4 Å². The van der Waals surface area contributed by atoms with Crippen LogP contribution in [0.4, 0.5) is 11.4 Å². The predicted molar refractivity (Wildman–Crippen MR) is 47.7 cm³/mol. The number of phenols is 1. The van der Waals surface area contributed by atoms with Gasteiger partial charge in [0.25, 0.3) is 5.69 Å². The van der Waals surface area contributed by atoms with Crippen LogP contribution in [0.5, 0.6) is 5.75 Å². The molecule has 5 nitrogen and oxygen atoms in total. The molecular weight excluding hydrogens is 172 g/mol. The molecule has 0 aromatic heterocycles. The molecule has 0 heterocycles. The fourth-order valence-electron chi connectivity index (χ4n) is 0.700. The zero-order valence-corrected chi connectivity index (χ0v) is 5.52. The van der Waals surface area contributed by atoms with Gasteiger partial charge in [-0.1, -0.05) is 6.07 Å². The molecule has 0 amide bonds. The average Bonchev–Trinajstić information content (AvgIpc) is 1.94. The summed E-state index contributed by atoms with van der Waals surface area (Å²) in [7, 11) is 0. The van der Waals surface area contributed by atoms with Crippen LogP contribution < -0.4 is 5.73 Å². The van der Waals surface area contributed by atoms with Gasteiger partial charge >= 0.3 is 23.1 Å². The number of nitro benzene ring substituents is 1. The van der Waals surface area contributed by atoms with E-state index in [2.05, 4.69) is 0 Å². The molecule has 0 aliphatic carbocycles. The van der Waals surface area contributed by atoms with Crippen LogP contribution in [0.15, 0.2) is 18.2 Å². The van der Waals surface area contributed by atoms with E-state index in [1.54, 1.807) is 0 Å². The third kappa shape index (κ3) is 1.99. The largest absolute Gasteiger partial charge is 0.506 e. The number of anilines is 1. The van der Waals surface area contributed by atoms with Crippen LogP contribution in [-0.2, 0) is 0 Å². The minimum atomic E-state index is -0.644. The van der Waals surface area contributed by atoms with E-state index in [1.165, 1.54) is 18.2 Å². The maximum atomic E-state index is 10.2. The highest BCUT2D eigenvalue weighted by Gasteiger charge is 2.12. The maximum Gasteiger partial charge on any atom is 0.316 e. The molecule has 0 unspecified atom stereocenters. The minimum absolute atomic E-state index is 0. The predicted octanol–water partition coefficient (Wildman–Crippen LogP) is -0.0336. The number of rotatable bonds is 1. The van der Waals surface area contributed by atoms with Crippen LogP contribution >= 0.6 is 0 Å². The van der Waals surface area contributed by atoms with E-state index in [1.807, 2.05) is 0 Å². The molecule has 1 aromatic rings. The van der Waals surface area contributed by atoms with Crippen molar-refractivity contribution in [2.45, 2.75) is 0 Å². The zero-order valence-electron chi connectivity index (χ0n) is 5.52. The number of nitrogens with zero attached hydrogens (tertiary/aromatic N) is 1. The van der Waals surface area contributed by atoms with E-state index in [0.29, 0.717) is 0 Å². The molecular formula is C6H8MgN2O3. The Kier molecular flexibility index (Phi) is 3.77. The lowest BCUT2D eigenvalue weighted by Gasteiger charge is -1.97. The van der Waals surface area contributed by atoms with Crippen LogP contribution in [-0.4, -0.2) is 33.1 Å². The van der Waals surface area contributed by atoms with Gasteiger partial charge in [-0.3, -0.25) is 10.1 Å². The third-order valence-electron chi connectivity index (χ3n) is 1.26. The lowest BCUT2D eigenvalue weighted by molar-refractivity contribution is -0.384. The molecule has 0 radical (unpaired) electrons. The fraction of sp³-hybridized carbons (Fsp3) is 0. The molecule has 12 heavy (non-hydrogen) atoms. The Morgan fingerprint density at radius 2 is 2.08 bits per heavy atom. The van der Waals surface area contributed by atoms with Crippen molar-refractivity contribution in [3.05, 3.63) is 28.3 Å². The van der Waals surface area contributed by atoms with E-state index < -0.39 is 4.92 Å². The summed E-state index contributed by atoms with van der Waals surface area (Å²) >= 11 is 0. The van der Waals surface area contributed by atoms with E-state index >= 15 is 0 Å². The Balaban J connectivity index is 0.00000121. The second kappa shape index (κ2) is 4.12. The van der Waals surface area contributed by atoms with Gasteiger partial charge < -0.3 is 10.8 Å². The summed E-state index contributed by atoms with van der Waals surface area (Å²) in [6.07, 6.45) is 0. The summed E-state index contributed by atoms with van der Waals surface area (Å²) in [6.45, 7) is 0. The molecule has 0 fully saturated rings. The van der Waals surface area contributed by atoms with E-state index in [4.69, 9.17) is 10.8 Å². The first-order valence-electron chi connectivity index (χ1n) is 2.85. The van der Waals surface area contributed by atoms with Crippen LogP contribution in [0, 0.1) is 10.1 Å². The molecule has 3 N–H and O–H groups in total. The number of aromatic hydroxyl groups is 1. The molecule has 1 rings (SSSR count). The number of nitro groups is 1. The van der Waals surface area contributed by atoms with Gasteiger partial charge in [-0.25, -0.2) is 0 Å². The van der Waals surface area contributed by atoms with Crippen molar-refractivity contribution in [2.75, 3.05) is 5.73 Å². The summed E-state index contributed by atoms with van der Waals surface area (Å²) in [5.41, 5.74) is 4.72. The highest BCUT2D eigenvalue weighted by atomic mass is 24.3. The molecule has 0 aliphatic rings. The fourth-order valence-corrected chi connectivity index (χ4v) is 0.700. The summed E-state index contributed by atoms with van der Waals surface area (Å²) in [5, 5.41) is 19.1. The van der Waals surface area contributed by atoms with Gasteiger partial charge in [-0.05, 0) is 6.07 Å². The Labute approximate surface area is 84.5 Å². The lowest BCUT2D eigenvalue weighted by Crippen LogP contribution is -1.94. The first-order chi connectivity index (χ1) is 5.13. The standard InChI is InChI=1S/C6H6N2O3.Mg.2H/c7-6-4(8(10)11)2-1-3-5(6)9;;;/h1-3,9H,7H2;;;. The normalized spacial score (nSPS) is 8.67. The van der Waals surface area contributed by atoms with Gasteiger partial charge in [0.05, 0.1) is 4.92 Å². The molecule has 0 aliphatic heterocycles. The first-order valence-corrected chi connectivity index (χ1v) is 2.85. The smallest absolute Gasteiger partial charge is 0.316 e. The van der Waals surface area contributed by atoms with Crippen molar-refractivity contribution in [2.24, 2.45) is 0 Å². The average molecular weight is 180 g/mol. The van der Waals surface area contributed by atoms with Crippen LogP contribution in [0.3, 0.4) is 0 Å². The van der Waals surface area contributed by atoms with Crippen molar-refractivity contribution < 1.29 is 10.0 Å². The van der Waals surface area contributed by atoms with Gasteiger partial charge in [0, 0.05) is 6.07 Å². The third-order valence-corrected chi connectivity index (χ3v) is 1.26. The molecule has 0 saturated heterocycles. The molecule has 0 spiro atoms. The van der Waals surface area contributed by atoms with Crippen molar-refractivity contribution in [1.29, 1.82) is 0 Å². The lowest BCUT2D eigenvalue weighted by atomic mass is 10.2. The number of phenolic OH excluding ortho intramolecular Hbond substituents is 1. The highest BCUT2D eigenvalue weighted by Crippen LogP contribution is 2.29. The Morgan fingerprint density at radius 3 is 2.50 bits per heavy atom. The molecule has 6 heteroatoms.